The molecule has 0 saturated carbocycles. The number of hydrogen-bond acceptors (Lipinski definition) is 3. The molecule has 55 heavy (non-hydrogen) atoms. The summed E-state index contributed by atoms with van der Waals surface area (Å²) in [5.41, 5.74) is 16.6. The van der Waals surface area contributed by atoms with E-state index in [0.29, 0.717) is 0 Å². The maximum absolute atomic E-state index is 5.50. The number of H-pyrrole nitrogens is 2. The third-order valence-corrected chi connectivity index (χ3v) is 10.2. The Kier molecular flexibility index (Phi) is 8.08. The molecular weight excluding hydrogens is 671 g/mol. The molecule has 5 heteroatoms. The summed E-state index contributed by atoms with van der Waals surface area (Å²) in [6, 6.07) is 61.2. The van der Waals surface area contributed by atoms with Crippen molar-refractivity contribution < 1.29 is 0 Å². The van der Waals surface area contributed by atoms with Gasteiger partial charge in [-0.3, -0.25) is 0 Å². The van der Waals surface area contributed by atoms with E-state index < -0.39 is 0 Å². The highest BCUT2D eigenvalue weighted by molar-refractivity contribution is 6.00. The van der Waals surface area contributed by atoms with E-state index in [1.165, 1.54) is 0 Å². The lowest BCUT2D eigenvalue weighted by atomic mass is 10.0. The summed E-state index contributed by atoms with van der Waals surface area (Å²) in [6.45, 7) is 0. The quantitative estimate of drug-likeness (QED) is 0.181. The molecule has 5 nitrogen and oxygen atoms in total. The highest BCUT2D eigenvalue weighted by atomic mass is 15.2. The van der Waals surface area contributed by atoms with Gasteiger partial charge in [-0.25, -0.2) is 9.97 Å². The van der Waals surface area contributed by atoms with E-state index in [2.05, 4.69) is 215 Å². The van der Waals surface area contributed by atoms with Crippen LogP contribution in [0.1, 0.15) is 22.8 Å². The van der Waals surface area contributed by atoms with E-state index in [1.54, 1.807) is 0 Å². The van der Waals surface area contributed by atoms with Crippen LogP contribution >= 0.6 is 0 Å². The van der Waals surface area contributed by atoms with Gasteiger partial charge in [0, 0.05) is 44.6 Å². The molecule has 0 saturated heterocycles. The van der Waals surface area contributed by atoms with Crippen molar-refractivity contribution in [3.63, 3.8) is 0 Å². The van der Waals surface area contributed by atoms with E-state index in [-0.39, 0.29) is 0 Å². The average Bonchev–Trinajstić information content (AvgIpc) is 4.09. The first-order chi connectivity index (χ1) is 27.3. The predicted octanol–water partition coefficient (Wildman–Crippen LogP) is 13.1. The first-order valence-electron chi connectivity index (χ1n) is 18.5. The highest BCUT2D eigenvalue weighted by Gasteiger charge is 2.22. The second-order valence-electron chi connectivity index (χ2n) is 13.6. The molecule has 0 spiro atoms. The molecule has 3 aromatic heterocycles. The summed E-state index contributed by atoms with van der Waals surface area (Å²) in [4.78, 5) is 20.9. The van der Waals surface area contributed by atoms with Gasteiger partial charge in [0.25, 0.3) is 0 Å². The van der Waals surface area contributed by atoms with Crippen LogP contribution in [0.15, 0.2) is 176 Å². The Morgan fingerprint density at radius 2 is 0.618 bits per heavy atom. The van der Waals surface area contributed by atoms with Crippen molar-refractivity contribution in [2.45, 2.75) is 0 Å². The van der Waals surface area contributed by atoms with Gasteiger partial charge in [-0.05, 0) is 89.5 Å². The van der Waals surface area contributed by atoms with E-state index in [0.717, 1.165) is 95.3 Å². The van der Waals surface area contributed by atoms with Crippen molar-refractivity contribution in [1.29, 1.82) is 0 Å². The molecule has 5 aromatic carbocycles. The van der Waals surface area contributed by atoms with Crippen LogP contribution in [0.3, 0.4) is 0 Å². The fourth-order valence-electron chi connectivity index (χ4n) is 7.71. The molecule has 260 valence electrons. The van der Waals surface area contributed by atoms with Gasteiger partial charge in [0.15, 0.2) is 0 Å². The Balaban J connectivity index is 1.40. The first kappa shape index (κ1) is 32.2. The molecule has 2 N–H and O–H groups in total. The summed E-state index contributed by atoms with van der Waals surface area (Å²) in [5.74, 6) is 0. The van der Waals surface area contributed by atoms with Crippen LogP contribution < -0.4 is 4.90 Å². The third kappa shape index (κ3) is 5.94. The number of aromatic nitrogens is 4. The van der Waals surface area contributed by atoms with Crippen molar-refractivity contribution in [2.75, 3.05) is 4.90 Å². The fraction of sp³-hybridized carbons (Fsp3) is 0. The van der Waals surface area contributed by atoms with Gasteiger partial charge in [-0.2, -0.15) is 0 Å². The second kappa shape index (κ2) is 13.8. The van der Waals surface area contributed by atoms with Crippen molar-refractivity contribution in [3.05, 3.63) is 199 Å². The van der Waals surface area contributed by atoms with Gasteiger partial charge in [-0.1, -0.05) is 127 Å². The smallest absolute Gasteiger partial charge is 0.0957 e. The number of rotatable bonds is 6. The summed E-state index contributed by atoms with van der Waals surface area (Å²) in [5, 5.41) is 0. The number of para-hydroxylation sites is 2. The van der Waals surface area contributed by atoms with Crippen molar-refractivity contribution in [1.82, 2.24) is 19.9 Å². The van der Waals surface area contributed by atoms with Gasteiger partial charge < -0.3 is 14.9 Å². The first-order valence-corrected chi connectivity index (χ1v) is 18.5. The SMILES string of the molecule is C1=Cc2nc1c(-c1ccccc1)c1ccc([nH]1)c(-c1ccccc1)c1nc(c(N(c3ccccc3)c3ccccc3)c3ccc([nH]3)c2-c2ccccc2)C=C1. The van der Waals surface area contributed by atoms with Gasteiger partial charge in [0.05, 0.1) is 34.0 Å². The molecule has 8 aromatic rings. The van der Waals surface area contributed by atoms with Gasteiger partial charge >= 0.3 is 0 Å². The molecule has 8 bridgehead atoms. The lowest BCUT2D eigenvalue weighted by Gasteiger charge is -2.26. The minimum Gasteiger partial charge on any atom is -0.354 e. The van der Waals surface area contributed by atoms with Gasteiger partial charge in [0.2, 0.25) is 0 Å². The van der Waals surface area contributed by atoms with Crippen LogP contribution in [-0.2, 0) is 0 Å². The number of hydrogen-bond donors (Lipinski definition) is 2. The lowest BCUT2D eigenvalue weighted by Crippen LogP contribution is -2.11. The molecule has 0 fully saturated rings. The van der Waals surface area contributed by atoms with Gasteiger partial charge in [0.1, 0.15) is 0 Å². The molecule has 0 amide bonds. The van der Waals surface area contributed by atoms with E-state index >= 15 is 0 Å². The van der Waals surface area contributed by atoms with E-state index in [4.69, 9.17) is 9.97 Å². The zero-order chi connectivity index (χ0) is 36.6. The maximum atomic E-state index is 5.50. The summed E-state index contributed by atoms with van der Waals surface area (Å²) in [6.07, 6.45) is 8.56. The standard InChI is InChI=1S/C50H35N5/c1-6-16-34(17-7-1)47-39-26-28-41(51-39)48(35-18-8-2-9-19-35)43-30-32-45(53-43)50(55(37-22-12-4-13-23-37)38-24-14-5-15-25-38)46-33-31-44(54-46)49(36-20-10-3-11-21-36)42-29-27-40(47)52-42/h1-33,51,54H. The largest absolute Gasteiger partial charge is 0.354 e. The van der Waals surface area contributed by atoms with Crippen LogP contribution in [0.4, 0.5) is 17.1 Å². The fourth-order valence-corrected chi connectivity index (χ4v) is 7.71. The second-order valence-corrected chi connectivity index (χ2v) is 13.6. The number of anilines is 3. The topological polar surface area (TPSA) is 60.6 Å². The minimum atomic E-state index is 0.843. The molecule has 5 heterocycles. The number of aromatic amines is 2. The van der Waals surface area contributed by atoms with Gasteiger partial charge in [-0.15, -0.1) is 0 Å². The molecule has 2 aliphatic heterocycles. The Hall–Kier alpha value is -7.50. The summed E-state index contributed by atoms with van der Waals surface area (Å²) < 4.78 is 0. The molecule has 10 rings (SSSR count). The van der Waals surface area contributed by atoms with Crippen LogP contribution in [0, 0.1) is 0 Å². The van der Waals surface area contributed by atoms with Crippen LogP contribution in [-0.4, -0.2) is 19.9 Å². The number of nitrogens with one attached hydrogen (secondary N) is 2. The molecule has 0 aliphatic carbocycles. The van der Waals surface area contributed by atoms with Crippen molar-refractivity contribution >= 4 is 63.4 Å². The maximum Gasteiger partial charge on any atom is 0.0957 e. The molecule has 2 aliphatic rings. The Morgan fingerprint density at radius 3 is 1.02 bits per heavy atom. The van der Waals surface area contributed by atoms with Crippen molar-refractivity contribution in [2.24, 2.45) is 0 Å². The summed E-state index contributed by atoms with van der Waals surface area (Å²) >= 11 is 0. The molecular formula is C50H35N5. The Morgan fingerprint density at radius 1 is 0.309 bits per heavy atom. The van der Waals surface area contributed by atoms with Crippen LogP contribution in [0.5, 0.6) is 0 Å². The van der Waals surface area contributed by atoms with E-state index in [1.807, 2.05) is 0 Å². The molecule has 0 radical (unpaired) electrons. The Bertz CT molecular complexity index is 2810. The predicted molar refractivity (Wildman–Crippen MR) is 230 cm³/mol. The average molecular weight is 706 g/mol. The van der Waals surface area contributed by atoms with Crippen LogP contribution in [0.2, 0.25) is 0 Å². The number of fused-ring (bicyclic) bond motifs is 8. The van der Waals surface area contributed by atoms with Crippen LogP contribution in [0.25, 0.3) is 79.8 Å². The molecule has 0 atom stereocenters. The summed E-state index contributed by atoms with van der Waals surface area (Å²) in [7, 11) is 0. The molecule has 0 unspecified atom stereocenters. The monoisotopic (exact) mass is 705 g/mol. The van der Waals surface area contributed by atoms with E-state index in [9.17, 15) is 0 Å². The zero-order valence-electron chi connectivity index (χ0n) is 29.9. The normalized spacial score (nSPS) is 11.9. The third-order valence-electron chi connectivity index (χ3n) is 10.2. The zero-order valence-corrected chi connectivity index (χ0v) is 29.9. The van der Waals surface area contributed by atoms with Crippen molar-refractivity contribution in [3.8, 4) is 33.4 Å². The minimum absolute atomic E-state index is 0.843. The number of benzene rings is 5. The lowest BCUT2D eigenvalue weighted by molar-refractivity contribution is 1.23. The highest BCUT2D eigenvalue weighted by Crippen LogP contribution is 2.42. The Labute approximate surface area is 319 Å². The number of nitrogens with zero attached hydrogens (tertiary/aromatic N) is 3.